The molecule has 7 nitrogen and oxygen atoms in total. The third kappa shape index (κ3) is 3.22. The molecule has 1 aromatic heterocycles. The highest BCUT2D eigenvalue weighted by Crippen LogP contribution is 2.36. The molecule has 0 N–H and O–H groups in total. The lowest BCUT2D eigenvalue weighted by atomic mass is 10.0. The molecule has 7 heteroatoms. The van der Waals surface area contributed by atoms with Gasteiger partial charge in [0.2, 0.25) is 12.7 Å². The van der Waals surface area contributed by atoms with E-state index >= 15 is 0 Å². The maximum Gasteiger partial charge on any atom is 0.258 e. The highest BCUT2D eigenvalue weighted by molar-refractivity contribution is 5.96. The minimum atomic E-state index is -0.0983. The van der Waals surface area contributed by atoms with Crippen LogP contribution in [0.1, 0.15) is 43.5 Å². The molecule has 1 fully saturated rings. The van der Waals surface area contributed by atoms with E-state index in [1.807, 2.05) is 30.3 Å². The lowest BCUT2D eigenvalue weighted by Crippen LogP contribution is -2.24. The summed E-state index contributed by atoms with van der Waals surface area (Å²) in [5.74, 6) is 2.75. The minimum absolute atomic E-state index is 0.0710. The van der Waals surface area contributed by atoms with Gasteiger partial charge in [-0.05, 0) is 41.8 Å². The number of ether oxygens (including phenoxy) is 2. The van der Waals surface area contributed by atoms with Crippen molar-refractivity contribution in [2.75, 3.05) is 18.2 Å². The van der Waals surface area contributed by atoms with Gasteiger partial charge < -0.3 is 18.9 Å². The molecule has 29 heavy (non-hydrogen) atoms. The summed E-state index contributed by atoms with van der Waals surface area (Å²) in [5.41, 5.74) is 2.92. The Balaban J connectivity index is 1.34. The van der Waals surface area contributed by atoms with Crippen molar-refractivity contribution in [2.24, 2.45) is 0 Å². The maximum atomic E-state index is 12.6. The van der Waals surface area contributed by atoms with E-state index in [9.17, 15) is 4.79 Å². The fourth-order valence-electron chi connectivity index (χ4n) is 3.72. The smallest absolute Gasteiger partial charge is 0.258 e. The Labute approximate surface area is 168 Å². The number of aromatic nitrogens is 2. The predicted molar refractivity (Wildman–Crippen MR) is 106 cm³/mol. The Morgan fingerprint density at radius 2 is 1.86 bits per heavy atom. The molecule has 0 spiro atoms. The Bertz CT molecular complexity index is 1060. The highest BCUT2D eigenvalue weighted by atomic mass is 16.7. The molecule has 3 aromatic rings. The van der Waals surface area contributed by atoms with Gasteiger partial charge in [0.15, 0.2) is 17.3 Å². The molecule has 0 bridgehead atoms. The van der Waals surface area contributed by atoms with Crippen LogP contribution in [-0.2, 0) is 4.79 Å². The number of amides is 1. The molecular formula is C22H21N3O4. The number of carbonyl (C=O) groups excluding carboxylic acids is 1. The van der Waals surface area contributed by atoms with Gasteiger partial charge in [-0.25, -0.2) is 0 Å². The topological polar surface area (TPSA) is 77.7 Å². The highest BCUT2D eigenvalue weighted by Gasteiger charge is 2.34. The van der Waals surface area contributed by atoms with Crippen molar-refractivity contribution in [1.29, 1.82) is 0 Å². The van der Waals surface area contributed by atoms with Gasteiger partial charge in [-0.3, -0.25) is 4.79 Å². The molecule has 2 aliphatic rings. The molecule has 0 aliphatic carbocycles. The Morgan fingerprint density at radius 3 is 2.66 bits per heavy atom. The first-order valence-electron chi connectivity index (χ1n) is 9.72. The van der Waals surface area contributed by atoms with Gasteiger partial charge in [0.1, 0.15) is 0 Å². The second-order valence-electron chi connectivity index (χ2n) is 7.68. The van der Waals surface area contributed by atoms with Crippen LogP contribution in [0, 0.1) is 0 Å². The van der Waals surface area contributed by atoms with Crippen molar-refractivity contribution in [2.45, 2.75) is 32.1 Å². The van der Waals surface area contributed by atoms with Crippen LogP contribution >= 0.6 is 0 Å². The molecule has 148 valence electrons. The Hall–Kier alpha value is -3.35. The summed E-state index contributed by atoms with van der Waals surface area (Å²) in [6, 6.07) is 13.7. The van der Waals surface area contributed by atoms with Crippen LogP contribution < -0.4 is 14.4 Å². The molecule has 1 saturated heterocycles. The normalized spacial score (nSPS) is 18.1. The summed E-state index contributed by atoms with van der Waals surface area (Å²) < 4.78 is 16.2. The zero-order valence-corrected chi connectivity index (χ0v) is 16.3. The number of rotatable bonds is 4. The van der Waals surface area contributed by atoms with Crippen LogP contribution in [0.4, 0.5) is 5.69 Å². The van der Waals surface area contributed by atoms with Gasteiger partial charge in [-0.2, -0.15) is 4.98 Å². The van der Waals surface area contributed by atoms with Gasteiger partial charge in [-0.15, -0.1) is 0 Å². The summed E-state index contributed by atoms with van der Waals surface area (Å²) in [4.78, 5) is 18.9. The van der Waals surface area contributed by atoms with Gasteiger partial charge >= 0.3 is 0 Å². The van der Waals surface area contributed by atoms with Crippen molar-refractivity contribution in [3.05, 3.63) is 53.9 Å². The fraction of sp³-hybridized carbons (Fsp3) is 0.318. The van der Waals surface area contributed by atoms with Crippen LogP contribution in [0.25, 0.3) is 11.5 Å². The molecule has 3 heterocycles. The summed E-state index contributed by atoms with van der Waals surface area (Å²) in [6.45, 7) is 5.06. The predicted octanol–water partition coefficient (Wildman–Crippen LogP) is 4.11. The summed E-state index contributed by atoms with van der Waals surface area (Å²) in [6.07, 6.45) is 0.367. The average Bonchev–Trinajstić information content (AvgIpc) is 3.46. The van der Waals surface area contributed by atoms with Crippen molar-refractivity contribution in [1.82, 2.24) is 10.1 Å². The van der Waals surface area contributed by atoms with Gasteiger partial charge in [0.25, 0.3) is 5.89 Å². The van der Waals surface area contributed by atoms with Crippen LogP contribution in [0.3, 0.4) is 0 Å². The molecule has 1 amide bonds. The number of carbonyl (C=O) groups is 1. The van der Waals surface area contributed by atoms with Crippen LogP contribution in [0.5, 0.6) is 11.5 Å². The number of hydrogen-bond acceptors (Lipinski definition) is 6. The average molecular weight is 391 g/mol. The van der Waals surface area contributed by atoms with Crippen LogP contribution in [0.2, 0.25) is 0 Å². The number of benzene rings is 2. The quantitative estimate of drug-likeness (QED) is 0.666. The lowest BCUT2D eigenvalue weighted by molar-refractivity contribution is -0.117. The number of nitrogens with zero attached hydrogens (tertiary/aromatic N) is 3. The largest absolute Gasteiger partial charge is 0.454 e. The lowest BCUT2D eigenvalue weighted by Gasteiger charge is -2.17. The molecule has 2 aromatic carbocycles. The Morgan fingerprint density at radius 1 is 1.07 bits per heavy atom. The Kier molecular flexibility index (Phi) is 4.23. The minimum Gasteiger partial charge on any atom is -0.454 e. The van der Waals surface area contributed by atoms with E-state index in [1.165, 1.54) is 5.56 Å². The first-order chi connectivity index (χ1) is 14.1. The van der Waals surface area contributed by atoms with E-state index < -0.39 is 0 Å². The van der Waals surface area contributed by atoms with Crippen molar-refractivity contribution < 1.29 is 18.8 Å². The zero-order chi connectivity index (χ0) is 20.0. The summed E-state index contributed by atoms with van der Waals surface area (Å²) in [7, 11) is 0. The molecule has 0 saturated carbocycles. The van der Waals surface area contributed by atoms with Crippen LogP contribution in [0.15, 0.2) is 47.0 Å². The fourth-order valence-corrected chi connectivity index (χ4v) is 3.72. The van der Waals surface area contributed by atoms with E-state index in [4.69, 9.17) is 14.0 Å². The molecule has 5 rings (SSSR count). The van der Waals surface area contributed by atoms with E-state index in [2.05, 4.69) is 36.1 Å². The number of fused-ring (bicyclic) bond motifs is 1. The summed E-state index contributed by atoms with van der Waals surface area (Å²) in [5, 5.41) is 4.13. The van der Waals surface area contributed by atoms with Crippen molar-refractivity contribution in [3.8, 4) is 23.0 Å². The van der Waals surface area contributed by atoms with Gasteiger partial charge in [-0.1, -0.05) is 31.1 Å². The first-order valence-corrected chi connectivity index (χ1v) is 9.72. The summed E-state index contributed by atoms with van der Waals surface area (Å²) >= 11 is 0. The van der Waals surface area contributed by atoms with E-state index in [0.29, 0.717) is 42.1 Å². The van der Waals surface area contributed by atoms with Crippen LogP contribution in [-0.4, -0.2) is 29.4 Å². The zero-order valence-electron chi connectivity index (χ0n) is 16.3. The monoisotopic (exact) mass is 391 g/mol. The van der Waals surface area contributed by atoms with Crippen molar-refractivity contribution in [3.63, 3.8) is 0 Å². The van der Waals surface area contributed by atoms with Gasteiger partial charge in [0.05, 0.1) is 0 Å². The molecular weight excluding hydrogens is 370 g/mol. The molecule has 0 radical (unpaired) electrons. The van der Waals surface area contributed by atoms with Gasteiger partial charge in [0, 0.05) is 30.1 Å². The van der Waals surface area contributed by atoms with E-state index in [0.717, 1.165) is 11.3 Å². The van der Waals surface area contributed by atoms with Crippen molar-refractivity contribution >= 4 is 11.6 Å². The number of hydrogen-bond donors (Lipinski definition) is 0. The SMILES string of the molecule is CC(C)c1ccc(N2CC(c3noc(-c4ccc5c(c4)OCO5)n3)CC2=O)cc1. The standard InChI is InChI=1S/C22H21N3O4/c1-13(2)14-3-6-17(7-4-14)25-11-16(10-20(25)26)21-23-22(29-24-21)15-5-8-18-19(9-15)28-12-27-18/h3-9,13,16H,10-12H2,1-2H3. The third-order valence-electron chi connectivity index (χ3n) is 5.42. The van der Waals surface area contributed by atoms with E-state index in [1.54, 1.807) is 4.90 Å². The second-order valence-corrected chi connectivity index (χ2v) is 7.68. The second kappa shape index (κ2) is 6.92. The third-order valence-corrected chi connectivity index (χ3v) is 5.42. The van der Waals surface area contributed by atoms with E-state index in [-0.39, 0.29) is 18.6 Å². The number of anilines is 1. The molecule has 1 unspecified atom stereocenters. The molecule has 1 atom stereocenters. The maximum absolute atomic E-state index is 12.6. The first kappa shape index (κ1) is 17.7. The molecule has 2 aliphatic heterocycles.